The molecule has 0 bridgehead atoms. The first-order valence-corrected chi connectivity index (χ1v) is 10.8. The van der Waals surface area contributed by atoms with Gasteiger partial charge in [0.25, 0.3) is 0 Å². The number of benzene rings is 1. The van der Waals surface area contributed by atoms with E-state index in [2.05, 4.69) is 21.8 Å². The van der Waals surface area contributed by atoms with Crippen LogP contribution in [0.5, 0.6) is 5.75 Å². The van der Waals surface area contributed by atoms with Gasteiger partial charge in [0.1, 0.15) is 23.4 Å². The van der Waals surface area contributed by atoms with E-state index >= 15 is 0 Å². The highest BCUT2D eigenvalue weighted by Gasteiger charge is 2.36. The summed E-state index contributed by atoms with van der Waals surface area (Å²) in [6, 6.07) is 10.1. The number of ether oxygens (including phenoxy) is 1. The highest BCUT2D eigenvalue weighted by molar-refractivity contribution is 5.69. The molecule has 0 amide bonds. The van der Waals surface area contributed by atoms with Gasteiger partial charge >= 0.3 is 12.1 Å². The molecule has 1 aliphatic rings. The number of rotatable bonds is 5. The van der Waals surface area contributed by atoms with Gasteiger partial charge in [-0.3, -0.25) is 9.78 Å². The number of carboxylic acid groups (broad SMARTS) is 1. The van der Waals surface area contributed by atoms with Gasteiger partial charge in [-0.2, -0.15) is 13.2 Å². The predicted molar refractivity (Wildman–Crippen MR) is 119 cm³/mol. The average molecular weight is 484 g/mol. The lowest BCUT2D eigenvalue weighted by molar-refractivity contribution is -0.140. The van der Waals surface area contributed by atoms with Crippen LogP contribution in [0.1, 0.15) is 54.3 Å². The van der Waals surface area contributed by atoms with Crippen molar-refractivity contribution in [3.05, 3.63) is 77.0 Å². The van der Waals surface area contributed by atoms with Crippen molar-refractivity contribution in [1.29, 1.82) is 0 Å². The fraction of sp³-hybridized carbons (Fsp3) is 0.269. The van der Waals surface area contributed by atoms with E-state index in [0.717, 1.165) is 23.4 Å². The summed E-state index contributed by atoms with van der Waals surface area (Å²) in [6.45, 7) is 1.64. The van der Waals surface area contributed by atoms with Gasteiger partial charge in [0, 0.05) is 11.8 Å². The molecule has 0 fully saturated rings. The summed E-state index contributed by atoms with van der Waals surface area (Å²) in [7, 11) is 0. The summed E-state index contributed by atoms with van der Waals surface area (Å²) in [6.07, 6.45) is -3.76. The topological polar surface area (TPSA) is 72.3 Å². The van der Waals surface area contributed by atoms with E-state index in [0.29, 0.717) is 18.6 Å². The molecular weight excluding hydrogens is 464 g/mol. The first-order valence-electron chi connectivity index (χ1n) is 10.8. The molecule has 5 nitrogen and oxygen atoms in total. The van der Waals surface area contributed by atoms with E-state index in [9.17, 15) is 22.4 Å². The van der Waals surface area contributed by atoms with Crippen molar-refractivity contribution in [3.8, 4) is 28.8 Å². The number of pyridine rings is 2. The van der Waals surface area contributed by atoms with Crippen LogP contribution in [0.25, 0.3) is 11.3 Å². The molecule has 1 N–H and O–H groups in total. The van der Waals surface area contributed by atoms with Crippen molar-refractivity contribution in [1.82, 2.24) is 9.97 Å². The molecule has 2 unspecified atom stereocenters. The molecule has 0 aliphatic carbocycles. The van der Waals surface area contributed by atoms with Crippen LogP contribution in [-0.2, 0) is 17.4 Å². The molecule has 1 aromatic carbocycles. The smallest absolute Gasteiger partial charge is 0.434 e. The fourth-order valence-electron chi connectivity index (χ4n) is 4.09. The molecule has 3 heterocycles. The molecular formula is C26H20F4N2O3. The Morgan fingerprint density at radius 3 is 2.77 bits per heavy atom. The second-order valence-corrected chi connectivity index (χ2v) is 8.02. The van der Waals surface area contributed by atoms with Crippen molar-refractivity contribution < 1.29 is 32.2 Å². The second kappa shape index (κ2) is 9.74. The highest BCUT2D eigenvalue weighted by Crippen LogP contribution is 2.39. The summed E-state index contributed by atoms with van der Waals surface area (Å²) in [5.41, 5.74) is 0.0681. The summed E-state index contributed by atoms with van der Waals surface area (Å²) in [4.78, 5) is 18.8. The Hall–Kier alpha value is -3.93. The van der Waals surface area contributed by atoms with Crippen LogP contribution >= 0.6 is 0 Å². The third kappa shape index (κ3) is 5.27. The molecule has 2 aromatic heterocycles. The number of carbonyl (C=O) groups is 1. The molecule has 4 rings (SSSR count). The van der Waals surface area contributed by atoms with Crippen molar-refractivity contribution in [2.75, 3.05) is 0 Å². The number of carboxylic acids is 1. The first-order chi connectivity index (χ1) is 16.7. The van der Waals surface area contributed by atoms with E-state index in [1.54, 1.807) is 19.1 Å². The van der Waals surface area contributed by atoms with Gasteiger partial charge in [-0.25, -0.2) is 9.37 Å². The van der Waals surface area contributed by atoms with E-state index in [1.165, 1.54) is 18.2 Å². The zero-order chi connectivity index (χ0) is 25.2. The van der Waals surface area contributed by atoms with Crippen LogP contribution in [0.15, 0.2) is 48.7 Å². The summed E-state index contributed by atoms with van der Waals surface area (Å²) in [5, 5.41) is 9.16. The molecule has 0 radical (unpaired) electrons. The summed E-state index contributed by atoms with van der Waals surface area (Å²) in [5.74, 6) is 4.01. The number of aromatic nitrogens is 2. The Labute approximate surface area is 198 Å². The van der Waals surface area contributed by atoms with Crippen LogP contribution < -0.4 is 4.74 Å². The average Bonchev–Trinajstić information content (AvgIpc) is 2.83. The lowest BCUT2D eigenvalue weighted by Gasteiger charge is -2.27. The van der Waals surface area contributed by atoms with Crippen LogP contribution in [0.3, 0.4) is 0 Å². The van der Waals surface area contributed by atoms with Gasteiger partial charge in [0.2, 0.25) is 0 Å². The number of aliphatic carboxylic acids is 1. The molecule has 9 heteroatoms. The Balaban J connectivity index is 1.64. The number of aryl methyl sites for hydroxylation is 1. The molecule has 35 heavy (non-hydrogen) atoms. The Morgan fingerprint density at radius 2 is 2.06 bits per heavy atom. The normalized spacial score (nSPS) is 15.9. The van der Waals surface area contributed by atoms with Crippen molar-refractivity contribution >= 4 is 5.97 Å². The van der Waals surface area contributed by atoms with Gasteiger partial charge in [-0.1, -0.05) is 18.1 Å². The third-order valence-corrected chi connectivity index (χ3v) is 5.66. The number of hydrogen-bond donors (Lipinski definition) is 1. The molecule has 0 saturated heterocycles. The Morgan fingerprint density at radius 1 is 1.26 bits per heavy atom. The first kappa shape index (κ1) is 24.2. The van der Waals surface area contributed by atoms with E-state index in [4.69, 9.17) is 9.84 Å². The zero-order valence-electron chi connectivity index (χ0n) is 18.6. The number of nitrogens with zero attached hydrogens (tertiary/aromatic N) is 2. The lowest BCUT2D eigenvalue weighted by atomic mass is 9.91. The van der Waals surface area contributed by atoms with Gasteiger partial charge in [-0.15, -0.1) is 5.92 Å². The maximum Gasteiger partial charge on any atom is 0.434 e. The molecule has 180 valence electrons. The predicted octanol–water partition coefficient (Wildman–Crippen LogP) is 5.95. The van der Waals surface area contributed by atoms with Gasteiger partial charge in [-0.05, 0) is 61.2 Å². The monoisotopic (exact) mass is 484 g/mol. The number of fused-ring (bicyclic) bond motifs is 1. The van der Waals surface area contributed by atoms with Crippen LogP contribution in [0.4, 0.5) is 17.6 Å². The standard InChI is InChI=1S/C26H20F4N2O3/c1-2-4-15(14-23(33)34)16-6-10-21-17(13-16)7-11-22(35-21)24-19(27)8-9-20(32-24)18-5-3-12-31-25(18)26(28,29)30/h3,5-6,8-10,12-13,15,22H,7,11,14H2,1H3,(H,33,34). The maximum absolute atomic E-state index is 14.7. The summed E-state index contributed by atoms with van der Waals surface area (Å²) >= 11 is 0. The van der Waals surface area contributed by atoms with Crippen molar-refractivity contribution in [2.24, 2.45) is 0 Å². The van der Waals surface area contributed by atoms with Crippen LogP contribution in [0, 0.1) is 17.7 Å². The second-order valence-electron chi connectivity index (χ2n) is 8.02. The maximum atomic E-state index is 14.7. The van der Waals surface area contributed by atoms with E-state index in [-0.39, 0.29) is 23.4 Å². The fourth-order valence-corrected chi connectivity index (χ4v) is 4.09. The molecule has 1 aliphatic heterocycles. The minimum absolute atomic E-state index is 0.0544. The van der Waals surface area contributed by atoms with Gasteiger partial charge < -0.3 is 9.84 Å². The van der Waals surface area contributed by atoms with Crippen molar-refractivity contribution in [2.45, 2.75) is 44.4 Å². The molecule has 3 aromatic rings. The van der Waals surface area contributed by atoms with E-state index in [1.807, 2.05) is 6.07 Å². The quantitative estimate of drug-likeness (QED) is 0.358. The van der Waals surface area contributed by atoms with Crippen molar-refractivity contribution in [3.63, 3.8) is 0 Å². The van der Waals surface area contributed by atoms with Gasteiger partial charge in [0.15, 0.2) is 5.69 Å². The minimum Gasteiger partial charge on any atom is -0.484 e. The molecule has 0 spiro atoms. The number of hydrogen-bond acceptors (Lipinski definition) is 4. The van der Waals surface area contributed by atoms with Crippen LogP contribution in [-0.4, -0.2) is 21.0 Å². The van der Waals surface area contributed by atoms with Gasteiger partial charge in [0.05, 0.1) is 18.0 Å². The van der Waals surface area contributed by atoms with E-state index < -0.39 is 35.7 Å². The third-order valence-electron chi connectivity index (χ3n) is 5.66. The SMILES string of the molecule is CC#CC(CC(=O)O)c1ccc2c(c1)CCC(c1nc(-c3cccnc3C(F)(F)F)ccc1F)O2. The lowest BCUT2D eigenvalue weighted by Crippen LogP contribution is -2.19. The Bertz CT molecular complexity index is 1330. The number of halogens is 4. The largest absolute Gasteiger partial charge is 0.484 e. The zero-order valence-corrected chi connectivity index (χ0v) is 18.6. The minimum atomic E-state index is -4.69. The van der Waals surface area contributed by atoms with Crippen LogP contribution in [0.2, 0.25) is 0 Å². The summed E-state index contributed by atoms with van der Waals surface area (Å²) < 4.78 is 60.9. The Kier molecular flexibility index (Phi) is 6.74. The molecule has 2 atom stereocenters. The number of alkyl halides is 3. The molecule has 0 saturated carbocycles. The highest BCUT2D eigenvalue weighted by atomic mass is 19.4.